The molecule has 0 saturated heterocycles. The molecule has 0 aliphatic rings. The molecule has 0 saturated carbocycles. The number of nitrogens with zero attached hydrogens (tertiary/aromatic N) is 1. The van der Waals surface area contributed by atoms with Gasteiger partial charge in [-0.1, -0.05) is 6.92 Å². The van der Waals surface area contributed by atoms with Crippen LogP contribution in [0.4, 0.5) is 18.9 Å². The zero-order chi connectivity index (χ0) is 16.0. The van der Waals surface area contributed by atoms with Gasteiger partial charge in [0.1, 0.15) is 6.04 Å². The van der Waals surface area contributed by atoms with Crippen LogP contribution in [-0.2, 0) is 15.7 Å². The van der Waals surface area contributed by atoms with Crippen LogP contribution < -0.4 is 5.32 Å². The predicted molar refractivity (Wildman–Crippen MR) is 70.5 cm³/mol. The Balaban J connectivity index is 3.05. The summed E-state index contributed by atoms with van der Waals surface area (Å²) < 4.78 is 43.4. The summed E-state index contributed by atoms with van der Waals surface area (Å²) in [5.74, 6) is -0.530. The average Bonchev–Trinajstić information content (AvgIpc) is 2.43. The number of anilines is 1. The van der Waals surface area contributed by atoms with E-state index >= 15 is 0 Å². The van der Waals surface area contributed by atoms with E-state index in [2.05, 4.69) is 5.32 Å². The molecule has 1 aromatic rings. The number of hydrogen-bond donors (Lipinski definition) is 1. The largest absolute Gasteiger partial charge is 0.464 e. The number of nitriles is 1. The van der Waals surface area contributed by atoms with Crippen LogP contribution >= 0.6 is 0 Å². The molecule has 114 valence electrons. The minimum absolute atomic E-state index is 0.112. The molecule has 21 heavy (non-hydrogen) atoms. The maximum absolute atomic E-state index is 12.8. The molecule has 4 nitrogen and oxygen atoms in total. The fourth-order valence-corrected chi connectivity index (χ4v) is 1.74. The van der Waals surface area contributed by atoms with Crippen molar-refractivity contribution in [3.05, 3.63) is 29.3 Å². The number of benzene rings is 1. The summed E-state index contributed by atoms with van der Waals surface area (Å²) in [4.78, 5) is 11.6. The Bertz CT molecular complexity index is 550. The lowest BCUT2D eigenvalue weighted by atomic mass is 10.1. The quantitative estimate of drug-likeness (QED) is 0.847. The molecular weight excluding hydrogens is 285 g/mol. The van der Waals surface area contributed by atoms with Crippen molar-refractivity contribution in [2.45, 2.75) is 32.5 Å². The van der Waals surface area contributed by atoms with Gasteiger partial charge in [0, 0.05) is 5.69 Å². The van der Waals surface area contributed by atoms with Gasteiger partial charge in [-0.05, 0) is 31.5 Å². The van der Waals surface area contributed by atoms with Gasteiger partial charge in [-0.3, -0.25) is 0 Å². The van der Waals surface area contributed by atoms with Crippen LogP contribution in [0.25, 0.3) is 0 Å². The number of carbonyl (C=O) groups is 1. The lowest BCUT2D eigenvalue weighted by Crippen LogP contribution is -2.30. The highest BCUT2D eigenvalue weighted by Gasteiger charge is 2.34. The number of esters is 1. The van der Waals surface area contributed by atoms with Crippen molar-refractivity contribution in [3.63, 3.8) is 0 Å². The van der Waals surface area contributed by atoms with E-state index in [0.717, 1.165) is 12.1 Å². The molecule has 0 bridgehead atoms. The molecule has 0 fully saturated rings. The SMILES string of the molecule is CCOC(=O)C(CC)Nc1ccc(C#N)c(C(F)(F)F)c1. The summed E-state index contributed by atoms with van der Waals surface area (Å²) in [5, 5.41) is 11.4. The first-order valence-corrected chi connectivity index (χ1v) is 6.38. The van der Waals surface area contributed by atoms with Crippen molar-refractivity contribution in [1.82, 2.24) is 0 Å². The van der Waals surface area contributed by atoms with Gasteiger partial charge in [0.2, 0.25) is 0 Å². The average molecular weight is 300 g/mol. The predicted octanol–water partition coefficient (Wildman–Crippen LogP) is 3.33. The number of hydrogen-bond acceptors (Lipinski definition) is 4. The van der Waals surface area contributed by atoms with Crippen molar-refractivity contribution in [1.29, 1.82) is 5.26 Å². The summed E-state index contributed by atoms with van der Waals surface area (Å²) in [6.45, 7) is 3.55. The summed E-state index contributed by atoms with van der Waals surface area (Å²) in [6, 6.07) is 3.98. The number of halogens is 3. The van der Waals surface area contributed by atoms with Crippen LogP contribution in [0.5, 0.6) is 0 Å². The molecular formula is C14H15F3N2O2. The third-order valence-electron chi connectivity index (χ3n) is 2.77. The third kappa shape index (κ3) is 4.38. The van der Waals surface area contributed by atoms with Crippen molar-refractivity contribution >= 4 is 11.7 Å². The lowest BCUT2D eigenvalue weighted by molar-refractivity contribution is -0.144. The van der Waals surface area contributed by atoms with Gasteiger partial charge in [0.15, 0.2) is 0 Å². The molecule has 1 atom stereocenters. The summed E-state index contributed by atoms with van der Waals surface area (Å²) in [6.07, 6.45) is -4.27. The highest BCUT2D eigenvalue weighted by atomic mass is 19.4. The normalized spacial score (nSPS) is 12.4. The first-order chi connectivity index (χ1) is 9.83. The smallest absolute Gasteiger partial charge is 0.417 e. The number of ether oxygens (including phenoxy) is 1. The van der Waals surface area contributed by atoms with Crippen LogP contribution in [0.3, 0.4) is 0 Å². The summed E-state index contributed by atoms with van der Waals surface area (Å²) >= 11 is 0. The number of rotatable bonds is 5. The van der Waals surface area contributed by atoms with Crippen LogP contribution in [0.2, 0.25) is 0 Å². The molecule has 0 radical (unpaired) electrons. The van der Waals surface area contributed by atoms with Gasteiger partial charge in [-0.15, -0.1) is 0 Å². The van der Waals surface area contributed by atoms with Gasteiger partial charge < -0.3 is 10.1 Å². The topological polar surface area (TPSA) is 62.1 Å². The first-order valence-electron chi connectivity index (χ1n) is 6.38. The van der Waals surface area contributed by atoms with Crippen LogP contribution in [0.1, 0.15) is 31.4 Å². The second kappa shape index (κ2) is 6.97. The maximum Gasteiger partial charge on any atom is 0.417 e. The molecule has 0 aliphatic carbocycles. The highest BCUT2D eigenvalue weighted by Crippen LogP contribution is 2.33. The molecule has 1 N–H and O–H groups in total. The van der Waals surface area contributed by atoms with E-state index in [1.54, 1.807) is 13.8 Å². The van der Waals surface area contributed by atoms with Crippen LogP contribution in [-0.4, -0.2) is 18.6 Å². The Morgan fingerprint density at radius 3 is 2.57 bits per heavy atom. The Morgan fingerprint density at radius 2 is 2.10 bits per heavy atom. The molecule has 1 rings (SSSR count). The molecule has 7 heteroatoms. The first kappa shape index (κ1) is 16.8. The molecule has 1 unspecified atom stereocenters. The molecule has 0 amide bonds. The zero-order valence-electron chi connectivity index (χ0n) is 11.6. The monoisotopic (exact) mass is 300 g/mol. The third-order valence-corrected chi connectivity index (χ3v) is 2.77. The van der Waals surface area contributed by atoms with Crippen molar-refractivity contribution in [2.24, 2.45) is 0 Å². The summed E-state index contributed by atoms with van der Waals surface area (Å²) in [7, 11) is 0. The van der Waals surface area contributed by atoms with E-state index < -0.39 is 29.3 Å². The fourth-order valence-electron chi connectivity index (χ4n) is 1.74. The molecule has 0 heterocycles. The maximum atomic E-state index is 12.8. The molecule has 0 spiro atoms. The number of alkyl halides is 3. The van der Waals surface area contributed by atoms with Crippen LogP contribution in [0, 0.1) is 11.3 Å². The highest BCUT2D eigenvalue weighted by molar-refractivity contribution is 5.79. The lowest BCUT2D eigenvalue weighted by Gasteiger charge is -2.18. The second-order valence-electron chi connectivity index (χ2n) is 4.23. The van der Waals surface area contributed by atoms with E-state index in [1.165, 1.54) is 12.1 Å². The molecule has 0 aliphatic heterocycles. The second-order valence-corrected chi connectivity index (χ2v) is 4.23. The molecule has 1 aromatic carbocycles. The Labute approximate surface area is 120 Å². The van der Waals surface area contributed by atoms with E-state index in [1.807, 2.05) is 0 Å². The zero-order valence-corrected chi connectivity index (χ0v) is 11.6. The van der Waals surface area contributed by atoms with E-state index in [4.69, 9.17) is 10.00 Å². The Hall–Kier alpha value is -2.23. The van der Waals surface area contributed by atoms with Crippen LogP contribution in [0.15, 0.2) is 18.2 Å². The number of nitrogens with one attached hydrogen (secondary N) is 1. The van der Waals surface area contributed by atoms with Gasteiger partial charge in [-0.25, -0.2) is 4.79 Å². The van der Waals surface area contributed by atoms with Gasteiger partial charge >= 0.3 is 12.1 Å². The van der Waals surface area contributed by atoms with Crippen molar-refractivity contribution in [3.8, 4) is 6.07 Å². The molecule has 0 aromatic heterocycles. The van der Waals surface area contributed by atoms with E-state index in [9.17, 15) is 18.0 Å². The van der Waals surface area contributed by atoms with E-state index in [-0.39, 0.29) is 12.3 Å². The fraction of sp³-hybridized carbons (Fsp3) is 0.429. The minimum Gasteiger partial charge on any atom is -0.464 e. The Morgan fingerprint density at radius 1 is 1.43 bits per heavy atom. The van der Waals surface area contributed by atoms with E-state index in [0.29, 0.717) is 6.42 Å². The Kier molecular flexibility index (Phi) is 5.59. The minimum atomic E-state index is -4.63. The van der Waals surface area contributed by atoms with Crippen molar-refractivity contribution < 1.29 is 22.7 Å². The van der Waals surface area contributed by atoms with Gasteiger partial charge in [0.05, 0.1) is 23.8 Å². The standard InChI is InChI=1S/C14H15F3N2O2/c1-3-12(13(20)21-4-2)19-10-6-5-9(8-18)11(7-10)14(15,16)17/h5-7,12,19H,3-4H2,1-2H3. The van der Waals surface area contributed by atoms with Gasteiger partial charge in [0.25, 0.3) is 0 Å². The van der Waals surface area contributed by atoms with Gasteiger partial charge in [-0.2, -0.15) is 18.4 Å². The number of carbonyl (C=O) groups excluding carboxylic acids is 1. The van der Waals surface area contributed by atoms with Crippen molar-refractivity contribution in [2.75, 3.05) is 11.9 Å². The summed E-state index contributed by atoms with van der Waals surface area (Å²) in [5.41, 5.74) is -1.38.